The fraction of sp³-hybridized carbons (Fsp3) is 0.423. The number of pyridine rings is 1. The number of aliphatic hydroxyl groups excluding tert-OH is 1. The lowest BCUT2D eigenvalue weighted by atomic mass is 10.0. The van der Waals surface area contributed by atoms with Crippen LogP contribution in [0.25, 0.3) is 10.9 Å². The van der Waals surface area contributed by atoms with Crippen LogP contribution in [0.2, 0.25) is 0 Å². The molecule has 1 atom stereocenters. The molecular weight excluding hydrogens is 460 g/mol. The van der Waals surface area contributed by atoms with E-state index in [4.69, 9.17) is 20.3 Å². The molecule has 10 heteroatoms. The molecule has 0 saturated carbocycles. The van der Waals surface area contributed by atoms with Crippen molar-refractivity contribution < 1.29 is 19.4 Å². The molecule has 36 heavy (non-hydrogen) atoms. The number of ether oxygens (including phenoxy) is 2. The van der Waals surface area contributed by atoms with Gasteiger partial charge in [-0.15, -0.1) is 0 Å². The summed E-state index contributed by atoms with van der Waals surface area (Å²) < 4.78 is 13.3. The van der Waals surface area contributed by atoms with Crippen molar-refractivity contribution in [1.29, 1.82) is 0 Å². The number of piperidine rings is 1. The van der Waals surface area contributed by atoms with Crippen LogP contribution in [0.3, 0.4) is 0 Å². The van der Waals surface area contributed by atoms with Crippen molar-refractivity contribution in [2.24, 2.45) is 5.73 Å². The Morgan fingerprint density at radius 2 is 2.00 bits per heavy atom. The third-order valence-electron chi connectivity index (χ3n) is 6.86. The summed E-state index contributed by atoms with van der Waals surface area (Å²) in [6.45, 7) is 6.43. The molecule has 1 fully saturated rings. The van der Waals surface area contributed by atoms with Gasteiger partial charge in [0.25, 0.3) is 5.91 Å². The van der Waals surface area contributed by atoms with Crippen LogP contribution in [0.4, 0.5) is 11.4 Å². The molecule has 0 spiro atoms. The Balaban J connectivity index is 1.69. The molecule has 190 valence electrons. The molecule has 1 unspecified atom stereocenters. The zero-order valence-electron chi connectivity index (χ0n) is 20.8. The Kier molecular flexibility index (Phi) is 6.55. The molecule has 1 saturated heterocycles. The van der Waals surface area contributed by atoms with Crippen LogP contribution in [0.1, 0.15) is 36.0 Å². The van der Waals surface area contributed by atoms with E-state index in [-0.39, 0.29) is 11.8 Å². The summed E-state index contributed by atoms with van der Waals surface area (Å²) in [7, 11) is 1.67. The van der Waals surface area contributed by atoms with Gasteiger partial charge >= 0.3 is 0 Å². The number of carbonyl (C=O) groups is 1. The second-order valence-electron chi connectivity index (χ2n) is 9.33. The molecule has 4 heterocycles. The van der Waals surface area contributed by atoms with Gasteiger partial charge in [-0.05, 0) is 51.0 Å². The molecule has 1 aromatic carbocycles. The molecule has 3 aromatic rings. The van der Waals surface area contributed by atoms with Crippen molar-refractivity contribution in [3.05, 3.63) is 59.4 Å². The van der Waals surface area contributed by atoms with Crippen LogP contribution < -0.4 is 15.5 Å². The number of aliphatic hydroxyl groups is 1. The molecule has 2 aliphatic heterocycles. The van der Waals surface area contributed by atoms with Crippen LogP contribution in [-0.4, -0.2) is 58.7 Å². The summed E-state index contributed by atoms with van der Waals surface area (Å²) in [5.41, 5.74) is 11.4. The number of nitrogens with two attached hydrogens (primary N) is 1. The number of rotatable bonds is 7. The van der Waals surface area contributed by atoms with Gasteiger partial charge in [0.15, 0.2) is 0 Å². The number of benzene rings is 1. The maximum atomic E-state index is 12.6. The molecule has 10 nitrogen and oxygen atoms in total. The SMILES string of the molecule is COCCn1nc(C)c2cc(N3C(C(N)=O)=COC3c3ccnc(C)c3)c(N3CCC(O)CC3)cc21. The Bertz CT molecular complexity index is 1310. The second-order valence-corrected chi connectivity index (χ2v) is 9.33. The molecule has 5 rings (SSSR count). The fourth-order valence-corrected chi connectivity index (χ4v) is 5.01. The van der Waals surface area contributed by atoms with E-state index >= 15 is 0 Å². The number of hydrogen-bond acceptors (Lipinski definition) is 8. The van der Waals surface area contributed by atoms with Crippen molar-refractivity contribution in [3.63, 3.8) is 0 Å². The number of hydrogen-bond donors (Lipinski definition) is 2. The minimum Gasteiger partial charge on any atom is -0.471 e. The minimum atomic E-state index is -0.579. The summed E-state index contributed by atoms with van der Waals surface area (Å²) in [5, 5.41) is 15.9. The number of nitrogens with zero attached hydrogens (tertiary/aromatic N) is 5. The third-order valence-corrected chi connectivity index (χ3v) is 6.86. The van der Waals surface area contributed by atoms with Gasteiger partial charge in [0.2, 0.25) is 6.23 Å². The van der Waals surface area contributed by atoms with Crippen molar-refractivity contribution in [1.82, 2.24) is 14.8 Å². The first-order valence-corrected chi connectivity index (χ1v) is 12.2. The molecule has 0 aliphatic carbocycles. The number of primary amides is 1. The van der Waals surface area contributed by atoms with E-state index in [0.717, 1.165) is 39.2 Å². The van der Waals surface area contributed by atoms with Gasteiger partial charge in [-0.1, -0.05) is 0 Å². The molecule has 2 aliphatic rings. The molecule has 0 radical (unpaired) electrons. The van der Waals surface area contributed by atoms with E-state index in [1.54, 1.807) is 13.3 Å². The lowest BCUT2D eigenvalue weighted by Crippen LogP contribution is -2.38. The van der Waals surface area contributed by atoms with Gasteiger partial charge < -0.3 is 25.2 Å². The molecule has 1 amide bonds. The predicted molar refractivity (Wildman–Crippen MR) is 136 cm³/mol. The van der Waals surface area contributed by atoms with Crippen molar-refractivity contribution in [3.8, 4) is 0 Å². The van der Waals surface area contributed by atoms with E-state index in [9.17, 15) is 9.90 Å². The fourth-order valence-electron chi connectivity index (χ4n) is 5.01. The zero-order chi connectivity index (χ0) is 25.4. The molecule has 3 N–H and O–H groups in total. The number of methoxy groups -OCH3 is 1. The van der Waals surface area contributed by atoms with Gasteiger partial charge in [-0.3, -0.25) is 19.4 Å². The standard InChI is InChI=1S/C26H32N6O4/c1-16-12-18(4-7-28-16)26-32(24(15-36-26)25(27)34)23-13-20-17(2)29-31(10-11-35-3)21(20)14-22(23)30-8-5-19(33)6-9-30/h4,7,12-15,19,26,33H,5-6,8-11H2,1-3H3,(H2,27,34). The Morgan fingerprint density at radius 1 is 1.22 bits per heavy atom. The van der Waals surface area contributed by atoms with Crippen LogP contribution >= 0.6 is 0 Å². The van der Waals surface area contributed by atoms with Crippen LogP contribution in [0, 0.1) is 13.8 Å². The summed E-state index contributed by atoms with van der Waals surface area (Å²) in [6, 6.07) is 8.00. The first kappa shape index (κ1) is 24.1. The van der Waals surface area contributed by atoms with E-state index in [1.165, 1.54) is 6.26 Å². The first-order chi connectivity index (χ1) is 17.4. The van der Waals surface area contributed by atoms with Crippen LogP contribution in [0.5, 0.6) is 0 Å². The van der Waals surface area contributed by atoms with Crippen molar-refractivity contribution in [2.45, 2.75) is 45.6 Å². The maximum absolute atomic E-state index is 12.6. The average molecular weight is 493 g/mol. The Hall–Kier alpha value is -3.63. The average Bonchev–Trinajstić information content (AvgIpc) is 3.44. The summed E-state index contributed by atoms with van der Waals surface area (Å²) in [6.07, 6.45) is 3.61. The highest BCUT2D eigenvalue weighted by Crippen LogP contribution is 2.44. The van der Waals surface area contributed by atoms with E-state index in [2.05, 4.69) is 22.0 Å². The van der Waals surface area contributed by atoms with Gasteiger partial charge in [0.05, 0.1) is 41.8 Å². The van der Waals surface area contributed by atoms with Gasteiger partial charge in [-0.25, -0.2) is 0 Å². The second kappa shape index (κ2) is 9.79. The first-order valence-electron chi connectivity index (χ1n) is 12.2. The smallest absolute Gasteiger partial charge is 0.268 e. The van der Waals surface area contributed by atoms with E-state index in [1.807, 2.05) is 35.6 Å². The summed E-state index contributed by atoms with van der Waals surface area (Å²) >= 11 is 0. The summed E-state index contributed by atoms with van der Waals surface area (Å²) in [4.78, 5) is 21.0. The monoisotopic (exact) mass is 492 g/mol. The molecular formula is C26H32N6O4. The number of carbonyl (C=O) groups excluding carboxylic acids is 1. The topological polar surface area (TPSA) is 119 Å². The lowest BCUT2D eigenvalue weighted by Gasteiger charge is -2.36. The maximum Gasteiger partial charge on any atom is 0.268 e. The highest BCUT2D eigenvalue weighted by Gasteiger charge is 2.36. The van der Waals surface area contributed by atoms with E-state index < -0.39 is 12.1 Å². The normalized spacial score (nSPS) is 18.6. The van der Waals surface area contributed by atoms with Gasteiger partial charge in [0.1, 0.15) is 12.0 Å². The number of aromatic nitrogens is 3. The Labute approximate surface area is 209 Å². The van der Waals surface area contributed by atoms with Crippen LogP contribution in [0.15, 0.2) is 42.4 Å². The number of anilines is 2. The van der Waals surface area contributed by atoms with Crippen molar-refractivity contribution in [2.75, 3.05) is 36.6 Å². The molecule has 0 bridgehead atoms. The van der Waals surface area contributed by atoms with Gasteiger partial charge in [-0.2, -0.15) is 5.10 Å². The predicted octanol–water partition coefficient (Wildman–Crippen LogP) is 2.52. The Morgan fingerprint density at radius 3 is 2.69 bits per heavy atom. The zero-order valence-corrected chi connectivity index (χ0v) is 20.8. The molecule has 2 aromatic heterocycles. The van der Waals surface area contributed by atoms with Crippen LogP contribution in [-0.2, 0) is 20.8 Å². The number of fused-ring (bicyclic) bond motifs is 1. The number of aryl methyl sites for hydroxylation is 2. The minimum absolute atomic E-state index is 0.275. The van der Waals surface area contributed by atoms with E-state index in [0.29, 0.717) is 39.1 Å². The largest absolute Gasteiger partial charge is 0.471 e. The third kappa shape index (κ3) is 4.38. The van der Waals surface area contributed by atoms with Crippen molar-refractivity contribution >= 4 is 28.2 Å². The lowest BCUT2D eigenvalue weighted by molar-refractivity contribution is -0.114. The highest BCUT2D eigenvalue weighted by atomic mass is 16.5. The quantitative estimate of drug-likeness (QED) is 0.517. The highest BCUT2D eigenvalue weighted by molar-refractivity contribution is 6.00. The number of amides is 1. The summed E-state index contributed by atoms with van der Waals surface area (Å²) in [5.74, 6) is -0.573. The van der Waals surface area contributed by atoms with Gasteiger partial charge in [0, 0.05) is 43.0 Å².